The van der Waals surface area contributed by atoms with Crippen molar-refractivity contribution in [3.63, 3.8) is 0 Å². The Labute approximate surface area is 118 Å². The standard InChI is InChI=1S/C14H10ClF2NO2/c1-20-13-3-2-7(15)4-9(13)14(19)8-5-10(16)11(17)6-12(8)18/h2-6H,18H2,1H3. The first-order valence-corrected chi connectivity index (χ1v) is 5.94. The van der Waals surface area contributed by atoms with Crippen LogP contribution >= 0.6 is 11.6 Å². The molecule has 0 unspecified atom stereocenters. The summed E-state index contributed by atoms with van der Waals surface area (Å²) in [5, 5.41) is 0.315. The Balaban J connectivity index is 2.57. The number of halogens is 3. The number of benzene rings is 2. The number of carbonyl (C=O) groups excluding carboxylic acids is 1. The van der Waals surface area contributed by atoms with E-state index in [1.807, 2.05) is 0 Å². The fourth-order valence-corrected chi connectivity index (χ4v) is 1.93. The number of carbonyl (C=O) groups is 1. The highest BCUT2D eigenvalue weighted by molar-refractivity contribution is 6.31. The van der Waals surface area contributed by atoms with E-state index in [-0.39, 0.29) is 22.6 Å². The molecule has 0 amide bonds. The maximum atomic E-state index is 13.3. The molecule has 2 rings (SSSR count). The van der Waals surface area contributed by atoms with Crippen molar-refractivity contribution in [1.29, 1.82) is 0 Å². The van der Waals surface area contributed by atoms with Crippen molar-refractivity contribution in [2.75, 3.05) is 12.8 Å². The number of anilines is 1. The average Bonchev–Trinajstić information content (AvgIpc) is 2.42. The molecule has 2 aromatic rings. The van der Waals surface area contributed by atoms with E-state index in [1.165, 1.54) is 19.2 Å². The first kappa shape index (κ1) is 14.3. The van der Waals surface area contributed by atoms with Gasteiger partial charge in [-0.25, -0.2) is 8.78 Å². The van der Waals surface area contributed by atoms with Crippen LogP contribution in [0.3, 0.4) is 0 Å². The quantitative estimate of drug-likeness (QED) is 0.697. The van der Waals surface area contributed by atoms with E-state index in [0.717, 1.165) is 12.1 Å². The third kappa shape index (κ3) is 2.58. The normalized spacial score (nSPS) is 10.4. The molecular formula is C14H10ClF2NO2. The Kier molecular flexibility index (Phi) is 3.90. The second-order valence-electron chi connectivity index (χ2n) is 4.03. The Hall–Kier alpha value is -2.14. The molecule has 0 aromatic heterocycles. The van der Waals surface area contributed by atoms with Crippen molar-refractivity contribution in [3.05, 3.63) is 58.1 Å². The highest BCUT2D eigenvalue weighted by atomic mass is 35.5. The number of nitrogen functional groups attached to an aromatic ring is 1. The lowest BCUT2D eigenvalue weighted by molar-refractivity contribution is 0.103. The van der Waals surface area contributed by atoms with Crippen LogP contribution in [0, 0.1) is 11.6 Å². The van der Waals surface area contributed by atoms with Crippen LogP contribution in [0.25, 0.3) is 0 Å². The highest BCUT2D eigenvalue weighted by Gasteiger charge is 2.19. The van der Waals surface area contributed by atoms with Crippen molar-refractivity contribution in [3.8, 4) is 5.75 Å². The van der Waals surface area contributed by atoms with E-state index in [4.69, 9.17) is 22.1 Å². The Morgan fingerprint density at radius 3 is 2.45 bits per heavy atom. The highest BCUT2D eigenvalue weighted by Crippen LogP contribution is 2.28. The molecule has 0 aliphatic heterocycles. The summed E-state index contributed by atoms with van der Waals surface area (Å²) in [6.45, 7) is 0. The van der Waals surface area contributed by atoms with Gasteiger partial charge in [0, 0.05) is 22.3 Å². The van der Waals surface area contributed by atoms with E-state index in [2.05, 4.69) is 0 Å². The van der Waals surface area contributed by atoms with Crippen LogP contribution < -0.4 is 10.5 Å². The molecule has 104 valence electrons. The molecule has 0 radical (unpaired) electrons. The van der Waals surface area contributed by atoms with Crippen LogP contribution in [0.5, 0.6) is 5.75 Å². The Morgan fingerprint density at radius 2 is 1.80 bits per heavy atom. The minimum Gasteiger partial charge on any atom is -0.496 e. The van der Waals surface area contributed by atoms with Crippen molar-refractivity contribution < 1.29 is 18.3 Å². The summed E-state index contributed by atoms with van der Waals surface area (Å²) in [6, 6.07) is 5.95. The number of rotatable bonds is 3. The van der Waals surface area contributed by atoms with E-state index < -0.39 is 17.4 Å². The molecule has 0 saturated carbocycles. The molecule has 0 aliphatic carbocycles. The fourth-order valence-electron chi connectivity index (χ4n) is 1.76. The van der Waals surface area contributed by atoms with Crippen LogP contribution in [0.1, 0.15) is 15.9 Å². The zero-order chi connectivity index (χ0) is 14.9. The summed E-state index contributed by atoms with van der Waals surface area (Å²) in [5.41, 5.74) is 5.37. The molecule has 3 nitrogen and oxygen atoms in total. The lowest BCUT2D eigenvalue weighted by atomic mass is 10.0. The first-order chi connectivity index (χ1) is 9.43. The van der Waals surface area contributed by atoms with E-state index >= 15 is 0 Å². The molecular weight excluding hydrogens is 288 g/mol. The van der Waals surface area contributed by atoms with E-state index in [9.17, 15) is 13.6 Å². The predicted molar refractivity (Wildman–Crippen MR) is 72.2 cm³/mol. The molecule has 0 heterocycles. The molecule has 2 aromatic carbocycles. The van der Waals surface area contributed by atoms with Gasteiger partial charge in [0.25, 0.3) is 0 Å². The van der Waals surface area contributed by atoms with Gasteiger partial charge in [-0.2, -0.15) is 0 Å². The first-order valence-electron chi connectivity index (χ1n) is 5.56. The van der Waals surface area contributed by atoms with Gasteiger partial charge in [0.15, 0.2) is 17.4 Å². The van der Waals surface area contributed by atoms with Crippen LogP contribution in [-0.2, 0) is 0 Å². The molecule has 0 atom stereocenters. The monoisotopic (exact) mass is 297 g/mol. The second kappa shape index (κ2) is 5.46. The molecule has 2 N–H and O–H groups in total. The number of methoxy groups -OCH3 is 1. The van der Waals surface area contributed by atoms with Crippen molar-refractivity contribution in [2.45, 2.75) is 0 Å². The van der Waals surface area contributed by atoms with Gasteiger partial charge in [0.1, 0.15) is 5.75 Å². The largest absolute Gasteiger partial charge is 0.496 e. The minimum atomic E-state index is -1.15. The topological polar surface area (TPSA) is 52.3 Å². The minimum absolute atomic E-state index is 0.123. The average molecular weight is 298 g/mol. The SMILES string of the molecule is COc1ccc(Cl)cc1C(=O)c1cc(F)c(F)cc1N. The third-order valence-corrected chi connectivity index (χ3v) is 2.98. The smallest absolute Gasteiger partial charge is 0.198 e. The van der Waals surface area contributed by atoms with Crippen LogP contribution in [-0.4, -0.2) is 12.9 Å². The number of hydrogen-bond acceptors (Lipinski definition) is 3. The molecule has 6 heteroatoms. The van der Waals surface area contributed by atoms with Gasteiger partial charge in [-0.05, 0) is 24.3 Å². The molecule has 0 fully saturated rings. The lowest BCUT2D eigenvalue weighted by Gasteiger charge is -2.10. The Bertz CT molecular complexity index is 689. The van der Waals surface area contributed by atoms with Gasteiger partial charge >= 0.3 is 0 Å². The zero-order valence-corrected chi connectivity index (χ0v) is 11.2. The Morgan fingerprint density at radius 1 is 1.15 bits per heavy atom. The molecule has 0 spiro atoms. The maximum Gasteiger partial charge on any atom is 0.198 e. The third-order valence-electron chi connectivity index (χ3n) is 2.74. The molecule has 0 saturated heterocycles. The molecule has 20 heavy (non-hydrogen) atoms. The summed E-state index contributed by atoms with van der Waals surface area (Å²) in [4.78, 5) is 12.4. The maximum absolute atomic E-state index is 13.3. The number of ketones is 1. The van der Waals surface area contributed by atoms with Gasteiger partial charge < -0.3 is 10.5 Å². The van der Waals surface area contributed by atoms with Gasteiger partial charge in [0.2, 0.25) is 0 Å². The van der Waals surface area contributed by atoms with Crippen molar-refractivity contribution >= 4 is 23.1 Å². The molecule has 0 aliphatic rings. The summed E-state index contributed by atoms with van der Waals surface area (Å²) in [5.74, 6) is -2.59. The summed E-state index contributed by atoms with van der Waals surface area (Å²) in [7, 11) is 1.38. The summed E-state index contributed by atoms with van der Waals surface area (Å²) >= 11 is 5.83. The van der Waals surface area contributed by atoms with Crippen LogP contribution in [0.2, 0.25) is 5.02 Å². The van der Waals surface area contributed by atoms with Gasteiger partial charge in [0.05, 0.1) is 12.7 Å². The van der Waals surface area contributed by atoms with Crippen molar-refractivity contribution in [1.82, 2.24) is 0 Å². The fraction of sp³-hybridized carbons (Fsp3) is 0.0714. The number of ether oxygens (including phenoxy) is 1. The lowest BCUT2D eigenvalue weighted by Crippen LogP contribution is -2.08. The van der Waals surface area contributed by atoms with E-state index in [0.29, 0.717) is 5.02 Å². The van der Waals surface area contributed by atoms with Gasteiger partial charge in [-0.1, -0.05) is 11.6 Å². The van der Waals surface area contributed by atoms with Gasteiger partial charge in [-0.15, -0.1) is 0 Å². The van der Waals surface area contributed by atoms with E-state index in [1.54, 1.807) is 6.07 Å². The predicted octanol–water partition coefficient (Wildman–Crippen LogP) is 3.44. The van der Waals surface area contributed by atoms with Crippen LogP contribution in [0.15, 0.2) is 30.3 Å². The number of nitrogens with two attached hydrogens (primary N) is 1. The molecule has 0 bridgehead atoms. The van der Waals surface area contributed by atoms with Crippen molar-refractivity contribution in [2.24, 2.45) is 0 Å². The summed E-state index contributed by atoms with van der Waals surface area (Å²) < 4.78 is 31.3. The summed E-state index contributed by atoms with van der Waals surface area (Å²) in [6.07, 6.45) is 0. The van der Waals surface area contributed by atoms with Crippen LogP contribution in [0.4, 0.5) is 14.5 Å². The second-order valence-corrected chi connectivity index (χ2v) is 4.46. The van der Waals surface area contributed by atoms with Gasteiger partial charge in [-0.3, -0.25) is 4.79 Å². The zero-order valence-electron chi connectivity index (χ0n) is 10.4. The number of hydrogen-bond donors (Lipinski definition) is 1.